The second-order valence-corrected chi connectivity index (χ2v) is 5.02. The van der Waals surface area contributed by atoms with E-state index in [1.54, 1.807) is 0 Å². The van der Waals surface area contributed by atoms with Gasteiger partial charge in [-0.2, -0.15) is 0 Å². The molecule has 0 bridgehead atoms. The van der Waals surface area contributed by atoms with Gasteiger partial charge in [0.2, 0.25) is 0 Å². The summed E-state index contributed by atoms with van der Waals surface area (Å²) in [5.74, 6) is -0.337. The van der Waals surface area contributed by atoms with Crippen molar-refractivity contribution in [2.45, 2.75) is 26.4 Å². The van der Waals surface area contributed by atoms with Crippen LogP contribution in [0.2, 0.25) is 0 Å². The molecule has 5 heteroatoms. The number of hydrogen-bond donors (Lipinski definition) is 0. The van der Waals surface area contributed by atoms with Crippen LogP contribution < -0.4 is 0 Å². The summed E-state index contributed by atoms with van der Waals surface area (Å²) in [6, 6.07) is 0. The molecule has 0 aromatic carbocycles. The van der Waals surface area contributed by atoms with Crippen LogP contribution in [0.1, 0.15) is 20.8 Å². The normalized spacial score (nSPS) is 11.5. The van der Waals surface area contributed by atoms with E-state index < -0.39 is 5.60 Å². The Morgan fingerprint density at radius 3 is 2.27 bits per heavy atom. The zero-order valence-electron chi connectivity index (χ0n) is 9.55. The molecule has 4 nitrogen and oxygen atoms in total. The van der Waals surface area contributed by atoms with Crippen LogP contribution in [-0.2, 0) is 19.0 Å². The molecular weight excluding hydrogens is 311 g/mol. The Morgan fingerprint density at radius 2 is 1.73 bits per heavy atom. The van der Waals surface area contributed by atoms with E-state index in [0.29, 0.717) is 13.2 Å². The maximum atomic E-state index is 11.2. The average molecular weight is 330 g/mol. The van der Waals surface area contributed by atoms with Crippen LogP contribution in [-0.4, -0.2) is 42.4 Å². The molecule has 0 unspecified atom stereocenters. The summed E-state index contributed by atoms with van der Waals surface area (Å²) in [4.78, 5) is 11.2. The van der Waals surface area contributed by atoms with E-state index in [1.807, 2.05) is 20.8 Å². The SMILES string of the molecule is CC(C)(C)OC(=O)COCCOCCI. The number of halogens is 1. The minimum Gasteiger partial charge on any atom is -0.458 e. The number of carbonyl (C=O) groups is 1. The number of ether oxygens (including phenoxy) is 3. The minimum absolute atomic E-state index is 0.00906. The van der Waals surface area contributed by atoms with Crippen molar-refractivity contribution in [3.05, 3.63) is 0 Å². The molecule has 0 aromatic rings. The van der Waals surface area contributed by atoms with E-state index in [2.05, 4.69) is 22.6 Å². The Kier molecular flexibility index (Phi) is 8.36. The topological polar surface area (TPSA) is 44.8 Å². The standard InChI is InChI=1S/C10H19IO4/c1-10(2,3)15-9(12)8-14-7-6-13-5-4-11/h4-8H2,1-3H3. The molecule has 0 fully saturated rings. The van der Waals surface area contributed by atoms with Crippen molar-refractivity contribution < 1.29 is 19.0 Å². The first-order valence-electron chi connectivity index (χ1n) is 4.89. The molecule has 0 spiro atoms. The fourth-order valence-electron chi connectivity index (χ4n) is 0.801. The first-order chi connectivity index (χ1) is 6.95. The highest BCUT2D eigenvalue weighted by Crippen LogP contribution is 2.06. The van der Waals surface area contributed by atoms with Gasteiger partial charge in [-0.05, 0) is 20.8 Å². The molecule has 0 aromatic heterocycles. The van der Waals surface area contributed by atoms with Crippen LogP contribution in [0.25, 0.3) is 0 Å². The quantitative estimate of drug-likeness (QED) is 0.309. The molecule has 0 amide bonds. The maximum Gasteiger partial charge on any atom is 0.332 e. The molecule has 0 heterocycles. The molecule has 90 valence electrons. The number of rotatable bonds is 7. The Hall–Kier alpha value is 0.120. The predicted octanol–water partition coefficient (Wildman–Crippen LogP) is 1.80. The molecular formula is C10H19IO4. The van der Waals surface area contributed by atoms with Crippen molar-refractivity contribution in [2.75, 3.05) is 30.9 Å². The van der Waals surface area contributed by atoms with Crippen LogP contribution in [0, 0.1) is 0 Å². The summed E-state index contributed by atoms with van der Waals surface area (Å²) in [6.45, 7) is 7.14. The van der Waals surface area contributed by atoms with Crippen molar-refractivity contribution >= 4 is 28.6 Å². The van der Waals surface area contributed by atoms with Crippen molar-refractivity contribution in [3.8, 4) is 0 Å². The molecule has 0 aliphatic rings. The van der Waals surface area contributed by atoms with Crippen LogP contribution in [0.4, 0.5) is 0 Å². The van der Waals surface area contributed by atoms with Crippen molar-refractivity contribution in [1.82, 2.24) is 0 Å². The van der Waals surface area contributed by atoms with Gasteiger partial charge in [0.1, 0.15) is 12.2 Å². The lowest BCUT2D eigenvalue weighted by Gasteiger charge is -2.19. The van der Waals surface area contributed by atoms with Gasteiger partial charge >= 0.3 is 5.97 Å². The number of alkyl halides is 1. The van der Waals surface area contributed by atoms with E-state index >= 15 is 0 Å². The minimum atomic E-state index is -0.446. The van der Waals surface area contributed by atoms with Crippen LogP contribution in [0.15, 0.2) is 0 Å². The molecule has 0 rings (SSSR count). The summed E-state index contributed by atoms with van der Waals surface area (Å²) in [5, 5.41) is 0. The molecule has 0 atom stereocenters. The van der Waals surface area contributed by atoms with Crippen molar-refractivity contribution in [2.24, 2.45) is 0 Å². The molecule has 0 radical (unpaired) electrons. The third-order valence-electron chi connectivity index (χ3n) is 1.23. The third kappa shape index (κ3) is 12.0. The number of hydrogen-bond acceptors (Lipinski definition) is 4. The Balaban J connectivity index is 3.32. The Morgan fingerprint density at radius 1 is 1.13 bits per heavy atom. The Bertz CT molecular complexity index is 177. The zero-order valence-corrected chi connectivity index (χ0v) is 11.7. The largest absolute Gasteiger partial charge is 0.458 e. The molecule has 0 N–H and O–H groups in total. The number of carbonyl (C=O) groups excluding carboxylic acids is 1. The maximum absolute atomic E-state index is 11.2. The van der Waals surface area contributed by atoms with Crippen LogP contribution >= 0.6 is 22.6 Å². The first-order valence-corrected chi connectivity index (χ1v) is 6.41. The fourth-order valence-corrected chi connectivity index (χ4v) is 1.11. The van der Waals surface area contributed by atoms with E-state index in [0.717, 1.165) is 11.0 Å². The lowest BCUT2D eigenvalue weighted by molar-refractivity contribution is -0.160. The first kappa shape index (κ1) is 15.1. The third-order valence-corrected chi connectivity index (χ3v) is 1.67. The van der Waals surface area contributed by atoms with Crippen LogP contribution in [0.3, 0.4) is 0 Å². The monoisotopic (exact) mass is 330 g/mol. The van der Waals surface area contributed by atoms with Gasteiger partial charge in [0.05, 0.1) is 19.8 Å². The summed E-state index contributed by atoms with van der Waals surface area (Å²) in [5.41, 5.74) is -0.446. The highest BCUT2D eigenvalue weighted by Gasteiger charge is 2.15. The van der Waals surface area contributed by atoms with E-state index in [9.17, 15) is 4.79 Å². The zero-order chi connectivity index (χ0) is 11.7. The van der Waals surface area contributed by atoms with Crippen molar-refractivity contribution in [1.29, 1.82) is 0 Å². The lowest BCUT2D eigenvalue weighted by atomic mass is 10.2. The fraction of sp³-hybridized carbons (Fsp3) is 0.900. The van der Waals surface area contributed by atoms with E-state index in [4.69, 9.17) is 14.2 Å². The lowest BCUT2D eigenvalue weighted by Crippen LogP contribution is -2.27. The second kappa shape index (κ2) is 8.29. The average Bonchev–Trinajstić information content (AvgIpc) is 2.08. The molecule has 0 aliphatic heterocycles. The summed E-state index contributed by atoms with van der Waals surface area (Å²) in [7, 11) is 0. The highest BCUT2D eigenvalue weighted by molar-refractivity contribution is 14.1. The van der Waals surface area contributed by atoms with Gasteiger partial charge in [-0.1, -0.05) is 22.6 Å². The predicted molar refractivity (Wildman–Crippen MR) is 66.4 cm³/mol. The summed E-state index contributed by atoms with van der Waals surface area (Å²) >= 11 is 2.23. The van der Waals surface area contributed by atoms with Gasteiger partial charge in [-0.15, -0.1) is 0 Å². The van der Waals surface area contributed by atoms with Gasteiger partial charge in [-0.3, -0.25) is 0 Å². The smallest absolute Gasteiger partial charge is 0.332 e. The second-order valence-electron chi connectivity index (χ2n) is 3.94. The molecule has 0 saturated heterocycles. The molecule has 0 aliphatic carbocycles. The molecule has 0 saturated carbocycles. The van der Waals surface area contributed by atoms with Crippen molar-refractivity contribution in [3.63, 3.8) is 0 Å². The van der Waals surface area contributed by atoms with Gasteiger partial charge in [0.25, 0.3) is 0 Å². The van der Waals surface area contributed by atoms with Crippen LogP contribution in [0.5, 0.6) is 0 Å². The van der Waals surface area contributed by atoms with Gasteiger partial charge in [0, 0.05) is 4.43 Å². The summed E-state index contributed by atoms with van der Waals surface area (Å²) in [6.07, 6.45) is 0. The van der Waals surface area contributed by atoms with E-state index in [1.165, 1.54) is 0 Å². The van der Waals surface area contributed by atoms with E-state index in [-0.39, 0.29) is 12.6 Å². The van der Waals surface area contributed by atoms with Gasteiger partial charge in [0.15, 0.2) is 0 Å². The molecule has 15 heavy (non-hydrogen) atoms. The summed E-state index contributed by atoms with van der Waals surface area (Å²) < 4.78 is 16.3. The van der Waals surface area contributed by atoms with Gasteiger partial charge in [-0.25, -0.2) is 4.79 Å². The van der Waals surface area contributed by atoms with Gasteiger partial charge < -0.3 is 14.2 Å². The highest BCUT2D eigenvalue weighted by atomic mass is 127. The Labute approximate surface area is 105 Å². The number of esters is 1.